The zero-order chi connectivity index (χ0) is 13.7. The van der Waals surface area contributed by atoms with Gasteiger partial charge in [0, 0.05) is 5.54 Å². The first kappa shape index (κ1) is 14.6. The summed E-state index contributed by atoms with van der Waals surface area (Å²) in [7, 11) is 0. The lowest BCUT2D eigenvalue weighted by Gasteiger charge is -2.45. The SMILES string of the molecule is CCCNC(c1ccco1)C(C)(C)N1CCCCC1. The number of nitrogens with zero attached hydrogens (tertiary/aromatic N) is 1. The van der Waals surface area contributed by atoms with Crippen LogP contribution in [-0.2, 0) is 0 Å². The quantitative estimate of drug-likeness (QED) is 0.851. The van der Waals surface area contributed by atoms with E-state index in [0.717, 1.165) is 18.7 Å². The van der Waals surface area contributed by atoms with Crippen molar-refractivity contribution in [1.82, 2.24) is 10.2 Å². The minimum absolute atomic E-state index is 0.0907. The van der Waals surface area contributed by atoms with Crippen molar-refractivity contribution in [3.63, 3.8) is 0 Å². The lowest BCUT2D eigenvalue weighted by Crippen LogP contribution is -2.54. The second-order valence-corrected chi connectivity index (χ2v) is 6.10. The first-order chi connectivity index (χ1) is 9.16. The van der Waals surface area contributed by atoms with Crippen LogP contribution in [0.3, 0.4) is 0 Å². The molecule has 1 N–H and O–H groups in total. The highest BCUT2D eigenvalue weighted by Gasteiger charge is 2.37. The van der Waals surface area contributed by atoms with Crippen molar-refractivity contribution in [3.8, 4) is 0 Å². The molecule has 0 aromatic carbocycles. The molecule has 1 aromatic rings. The van der Waals surface area contributed by atoms with Gasteiger partial charge in [0.05, 0.1) is 12.3 Å². The molecule has 0 radical (unpaired) electrons. The van der Waals surface area contributed by atoms with Crippen LogP contribution in [-0.4, -0.2) is 30.1 Å². The topological polar surface area (TPSA) is 28.4 Å². The Bertz CT molecular complexity index is 353. The van der Waals surface area contributed by atoms with Gasteiger partial charge in [-0.05, 0) is 64.9 Å². The molecule has 1 atom stereocenters. The average molecular weight is 264 g/mol. The van der Waals surface area contributed by atoms with Gasteiger partial charge in [0.2, 0.25) is 0 Å². The molecule has 3 nitrogen and oxygen atoms in total. The van der Waals surface area contributed by atoms with E-state index in [2.05, 4.69) is 37.1 Å². The third-order valence-electron chi connectivity index (χ3n) is 4.30. The maximum atomic E-state index is 5.68. The zero-order valence-corrected chi connectivity index (χ0v) is 12.6. The summed E-state index contributed by atoms with van der Waals surface area (Å²) in [5.74, 6) is 1.06. The standard InChI is InChI=1S/C16H28N2O/c1-4-10-17-15(14-9-8-13-19-14)16(2,3)18-11-6-5-7-12-18/h8-9,13,15,17H,4-7,10-12H2,1-3H3. The van der Waals surface area contributed by atoms with E-state index in [-0.39, 0.29) is 11.6 Å². The van der Waals surface area contributed by atoms with Crippen molar-refractivity contribution >= 4 is 0 Å². The Kier molecular flexibility index (Phi) is 5.06. The lowest BCUT2D eigenvalue weighted by atomic mass is 9.88. The third kappa shape index (κ3) is 3.40. The fraction of sp³-hybridized carbons (Fsp3) is 0.750. The number of likely N-dealkylation sites (tertiary alicyclic amines) is 1. The van der Waals surface area contributed by atoms with Crippen molar-refractivity contribution in [3.05, 3.63) is 24.2 Å². The Balaban J connectivity index is 2.15. The molecule has 1 aliphatic rings. The summed E-state index contributed by atoms with van der Waals surface area (Å²) in [6, 6.07) is 4.35. The molecule has 108 valence electrons. The Morgan fingerprint density at radius 2 is 2.05 bits per heavy atom. The zero-order valence-electron chi connectivity index (χ0n) is 12.6. The second kappa shape index (κ2) is 6.58. The van der Waals surface area contributed by atoms with Crippen molar-refractivity contribution in [2.75, 3.05) is 19.6 Å². The fourth-order valence-electron chi connectivity index (χ4n) is 3.10. The number of hydrogen-bond donors (Lipinski definition) is 1. The number of hydrogen-bond acceptors (Lipinski definition) is 3. The van der Waals surface area contributed by atoms with Crippen LogP contribution in [0, 0.1) is 0 Å². The van der Waals surface area contributed by atoms with Gasteiger partial charge in [0.15, 0.2) is 0 Å². The van der Waals surface area contributed by atoms with E-state index < -0.39 is 0 Å². The molecule has 2 rings (SSSR count). The normalized spacial score (nSPS) is 19.5. The summed E-state index contributed by atoms with van der Waals surface area (Å²) in [5, 5.41) is 3.67. The van der Waals surface area contributed by atoms with Gasteiger partial charge in [-0.3, -0.25) is 4.90 Å². The Labute approximate surface area is 117 Å². The van der Waals surface area contributed by atoms with Crippen LogP contribution in [0.25, 0.3) is 0 Å². The molecule has 0 spiro atoms. The number of rotatable bonds is 6. The molecule has 0 aliphatic carbocycles. The molecule has 1 saturated heterocycles. The number of piperidine rings is 1. The first-order valence-corrected chi connectivity index (χ1v) is 7.68. The van der Waals surface area contributed by atoms with Crippen molar-refractivity contribution in [1.29, 1.82) is 0 Å². The van der Waals surface area contributed by atoms with Crippen LogP contribution in [0.5, 0.6) is 0 Å². The van der Waals surface area contributed by atoms with E-state index >= 15 is 0 Å². The molecule has 1 fully saturated rings. The molecule has 1 aliphatic heterocycles. The molecule has 1 unspecified atom stereocenters. The van der Waals surface area contributed by atoms with Gasteiger partial charge in [-0.25, -0.2) is 0 Å². The second-order valence-electron chi connectivity index (χ2n) is 6.10. The summed E-state index contributed by atoms with van der Waals surface area (Å²) in [6.07, 6.45) is 6.94. The van der Waals surface area contributed by atoms with Crippen LogP contribution in [0.1, 0.15) is 58.3 Å². The Hall–Kier alpha value is -0.800. The molecule has 0 bridgehead atoms. The van der Waals surface area contributed by atoms with E-state index in [4.69, 9.17) is 4.42 Å². The minimum atomic E-state index is 0.0907. The van der Waals surface area contributed by atoms with Gasteiger partial charge in [-0.15, -0.1) is 0 Å². The Morgan fingerprint density at radius 3 is 2.63 bits per heavy atom. The first-order valence-electron chi connectivity index (χ1n) is 7.68. The van der Waals surface area contributed by atoms with Crippen LogP contribution in [0.2, 0.25) is 0 Å². The fourth-order valence-corrected chi connectivity index (χ4v) is 3.10. The Morgan fingerprint density at radius 1 is 1.32 bits per heavy atom. The predicted octanol–water partition coefficient (Wildman–Crippen LogP) is 3.58. The average Bonchev–Trinajstić information content (AvgIpc) is 2.94. The molecular weight excluding hydrogens is 236 g/mol. The van der Waals surface area contributed by atoms with Gasteiger partial charge in [-0.2, -0.15) is 0 Å². The number of nitrogens with one attached hydrogen (secondary N) is 1. The predicted molar refractivity (Wildman–Crippen MR) is 79.2 cm³/mol. The summed E-state index contributed by atoms with van der Waals surface area (Å²) >= 11 is 0. The van der Waals surface area contributed by atoms with E-state index in [0.29, 0.717) is 0 Å². The summed E-state index contributed by atoms with van der Waals surface area (Å²) in [4.78, 5) is 2.62. The van der Waals surface area contributed by atoms with Gasteiger partial charge < -0.3 is 9.73 Å². The van der Waals surface area contributed by atoms with Gasteiger partial charge >= 0.3 is 0 Å². The van der Waals surface area contributed by atoms with E-state index in [1.807, 2.05) is 6.07 Å². The lowest BCUT2D eigenvalue weighted by molar-refractivity contribution is 0.0536. The number of furan rings is 1. The highest BCUT2D eigenvalue weighted by atomic mass is 16.3. The van der Waals surface area contributed by atoms with Crippen molar-refractivity contribution in [2.45, 2.75) is 58.0 Å². The molecular formula is C16H28N2O. The highest BCUT2D eigenvalue weighted by molar-refractivity contribution is 5.11. The van der Waals surface area contributed by atoms with E-state index in [1.54, 1.807) is 6.26 Å². The van der Waals surface area contributed by atoms with Gasteiger partial charge in [-0.1, -0.05) is 13.3 Å². The van der Waals surface area contributed by atoms with Gasteiger partial charge in [0.1, 0.15) is 5.76 Å². The third-order valence-corrected chi connectivity index (χ3v) is 4.30. The molecule has 2 heterocycles. The maximum Gasteiger partial charge on any atom is 0.122 e. The maximum absolute atomic E-state index is 5.68. The van der Waals surface area contributed by atoms with E-state index in [9.17, 15) is 0 Å². The largest absolute Gasteiger partial charge is 0.468 e. The smallest absolute Gasteiger partial charge is 0.122 e. The van der Waals surface area contributed by atoms with Crippen LogP contribution >= 0.6 is 0 Å². The van der Waals surface area contributed by atoms with Crippen LogP contribution in [0.15, 0.2) is 22.8 Å². The molecule has 3 heteroatoms. The molecule has 19 heavy (non-hydrogen) atoms. The van der Waals surface area contributed by atoms with Gasteiger partial charge in [0.25, 0.3) is 0 Å². The monoisotopic (exact) mass is 264 g/mol. The highest BCUT2D eigenvalue weighted by Crippen LogP contribution is 2.33. The van der Waals surface area contributed by atoms with E-state index in [1.165, 1.54) is 32.4 Å². The van der Waals surface area contributed by atoms with Crippen LogP contribution < -0.4 is 5.32 Å². The summed E-state index contributed by atoms with van der Waals surface area (Å²) in [5.41, 5.74) is 0.0907. The minimum Gasteiger partial charge on any atom is -0.468 e. The summed E-state index contributed by atoms with van der Waals surface area (Å²) < 4.78 is 5.68. The summed E-state index contributed by atoms with van der Waals surface area (Å²) in [6.45, 7) is 10.3. The van der Waals surface area contributed by atoms with Crippen molar-refractivity contribution < 1.29 is 4.42 Å². The molecule has 1 aromatic heterocycles. The molecule has 0 saturated carbocycles. The van der Waals surface area contributed by atoms with Crippen molar-refractivity contribution in [2.24, 2.45) is 0 Å². The van der Waals surface area contributed by atoms with Crippen LogP contribution in [0.4, 0.5) is 0 Å². The molecule has 0 amide bonds.